The molecule has 1 heterocycles. The van der Waals surface area contributed by atoms with Crippen LogP contribution in [0.1, 0.15) is 25.3 Å². The summed E-state index contributed by atoms with van der Waals surface area (Å²) >= 11 is 0. The Morgan fingerprint density at radius 2 is 2.28 bits per heavy atom. The van der Waals surface area contributed by atoms with Gasteiger partial charge in [-0.2, -0.15) is 0 Å². The highest BCUT2D eigenvalue weighted by Gasteiger charge is 2.24. The van der Waals surface area contributed by atoms with Crippen molar-refractivity contribution >= 4 is 0 Å². The lowest BCUT2D eigenvalue weighted by atomic mass is 10.1. The van der Waals surface area contributed by atoms with Crippen LogP contribution >= 0.6 is 0 Å². The summed E-state index contributed by atoms with van der Waals surface area (Å²) in [4.78, 5) is 0. The second-order valence-corrected chi connectivity index (χ2v) is 4.45. The third kappa shape index (κ3) is 2.70. The van der Waals surface area contributed by atoms with Crippen LogP contribution in [0.15, 0.2) is 12.1 Å². The number of benzene rings is 1. The number of fused-ring (bicyclic) bond motifs is 1. The molecule has 0 radical (unpaired) electrons. The SMILES string of the molecule is CCCCc1cc(OC)cc2c1OC(CO)CO2. The molecule has 0 spiro atoms. The first kappa shape index (κ1) is 13.0. The molecule has 18 heavy (non-hydrogen) atoms. The summed E-state index contributed by atoms with van der Waals surface area (Å²) in [6, 6.07) is 3.82. The van der Waals surface area contributed by atoms with E-state index in [4.69, 9.17) is 19.3 Å². The van der Waals surface area contributed by atoms with Gasteiger partial charge in [0, 0.05) is 11.6 Å². The van der Waals surface area contributed by atoms with Crippen LogP contribution < -0.4 is 14.2 Å². The molecule has 0 aromatic heterocycles. The Hall–Kier alpha value is -1.42. The zero-order chi connectivity index (χ0) is 13.0. The van der Waals surface area contributed by atoms with Gasteiger partial charge in [-0.25, -0.2) is 0 Å². The quantitative estimate of drug-likeness (QED) is 0.872. The van der Waals surface area contributed by atoms with Gasteiger partial charge < -0.3 is 19.3 Å². The van der Waals surface area contributed by atoms with E-state index in [1.54, 1.807) is 7.11 Å². The predicted molar refractivity (Wildman–Crippen MR) is 68.6 cm³/mol. The molecule has 1 aromatic rings. The highest BCUT2D eigenvalue weighted by molar-refractivity contribution is 5.52. The lowest BCUT2D eigenvalue weighted by Crippen LogP contribution is -2.32. The fourth-order valence-corrected chi connectivity index (χ4v) is 2.02. The Bertz CT molecular complexity index is 403. The zero-order valence-electron chi connectivity index (χ0n) is 10.9. The van der Waals surface area contributed by atoms with Gasteiger partial charge in [-0.1, -0.05) is 13.3 Å². The molecular weight excluding hydrogens is 232 g/mol. The molecule has 0 aliphatic carbocycles. The summed E-state index contributed by atoms with van der Waals surface area (Å²) in [5.74, 6) is 2.26. The van der Waals surface area contributed by atoms with Crippen molar-refractivity contribution in [2.75, 3.05) is 20.3 Å². The Labute approximate surface area is 107 Å². The summed E-state index contributed by atoms with van der Waals surface area (Å²) < 4.78 is 16.7. The number of methoxy groups -OCH3 is 1. The van der Waals surface area contributed by atoms with Gasteiger partial charge in [-0.05, 0) is 18.9 Å². The average molecular weight is 252 g/mol. The van der Waals surface area contributed by atoms with Crippen LogP contribution in [-0.2, 0) is 6.42 Å². The number of hydrogen-bond donors (Lipinski definition) is 1. The third-order valence-electron chi connectivity index (χ3n) is 3.05. The van der Waals surface area contributed by atoms with E-state index >= 15 is 0 Å². The molecule has 1 aliphatic heterocycles. The van der Waals surface area contributed by atoms with E-state index < -0.39 is 0 Å². The molecule has 1 aromatic carbocycles. The van der Waals surface area contributed by atoms with Crippen molar-refractivity contribution in [1.29, 1.82) is 0 Å². The topological polar surface area (TPSA) is 47.9 Å². The Morgan fingerprint density at radius 3 is 2.94 bits per heavy atom. The second kappa shape index (κ2) is 5.96. The number of aliphatic hydroxyl groups excluding tert-OH is 1. The van der Waals surface area contributed by atoms with E-state index in [1.807, 2.05) is 12.1 Å². The van der Waals surface area contributed by atoms with Crippen molar-refractivity contribution in [2.24, 2.45) is 0 Å². The number of rotatable bonds is 5. The van der Waals surface area contributed by atoms with Crippen LogP contribution in [0.4, 0.5) is 0 Å². The Morgan fingerprint density at radius 1 is 1.44 bits per heavy atom. The Balaban J connectivity index is 2.30. The van der Waals surface area contributed by atoms with Gasteiger partial charge in [-0.15, -0.1) is 0 Å². The van der Waals surface area contributed by atoms with Crippen molar-refractivity contribution in [1.82, 2.24) is 0 Å². The smallest absolute Gasteiger partial charge is 0.165 e. The van der Waals surface area contributed by atoms with Crippen molar-refractivity contribution in [3.05, 3.63) is 17.7 Å². The summed E-state index contributed by atoms with van der Waals surface area (Å²) in [7, 11) is 1.64. The second-order valence-electron chi connectivity index (χ2n) is 4.45. The van der Waals surface area contributed by atoms with Crippen molar-refractivity contribution in [3.63, 3.8) is 0 Å². The molecular formula is C14H20O4. The number of unbranched alkanes of at least 4 members (excludes halogenated alkanes) is 1. The van der Waals surface area contributed by atoms with E-state index in [0.29, 0.717) is 12.4 Å². The van der Waals surface area contributed by atoms with Gasteiger partial charge in [0.15, 0.2) is 17.6 Å². The molecule has 1 N–H and O–H groups in total. The zero-order valence-corrected chi connectivity index (χ0v) is 10.9. The molecule has 0 bridgehead atoms. The minimum Gasteiger partial charge on any atom is -0.497 e. The van der Waals surface area contributed by atoms with Gasteiger partial charge in [0.1, 0.15) is 12.4 Å². The van der Waals surface area contributed by atoms with Gasteiger partial charge >= 0.3 is 0 Å². The highest BCUT2D eigenvalue weighted by atomic mass is 16.6. The van der Waals surface area contributed by atoms with Crippen LogP contribution in [-0.4, -0.2) is 31.5 Å². The van der Waals surface area contributed by atoms with E-state index in [2.05, 4.69) is 6.92 Å². The summed E-state index contributed by atoms with van der Waals surface area (Å²) in [5, 5.41) is 9.15. The summed E-state index contributed by atoms with van der Waals surface area (Å²) in [5.41, 5.74) is 1.09. The number of ether oxygens (including phenoxy) is 3. The van der Waals surface area contributed by atoms with Crippen molar-refractivity contribution < 1.29 is 19.3 Å². The molecule has 4 nitrogen and oxygen atoms in total. The standard InChI is InChI=1S/C14H20O4/c1-3-4-5-10-6-11(16-2)7-13-14(10)18-12(8-15)9-17-13/h6-7,12,15H,3-5,8-9H2,1-2H3. The monoisotopic (exact) mass is 252 g/mol. The fourth-order valence-electron chi connectivity index (χ4n) is 2.02. The summed E-state index contributed by atoms with van der Waals surface area (Å²) in [6.45, 7) is 2.50. The van der Waals surface area contributed by atoms with Gasteiger partial charge in [-0.3, -0.25) is 0 Å². The molecule has 1 aliphatic rings. The minimum atomic E-state index is -0.272. The van der Waals surface area contributed by atoms with Crippen LogP contribution in [0, 0.1) is 0 Å². The average Bonchev–Trinajstić information content (AvgIpc) is 2.43. The maximum Gasteiger partial charge on any atom is 0.165 e. The first-order valence-electron chi connectivity index (χ1n) is 6.39. The van der Waals surface area contributed by atoms with Gasteiger partial charge in [0.05, 0.1) is 13.7 Å². The fraction of sp³-hybridized carbons (Fsp3) is 0.571. The molecule has 0 saturated carbocycles. The molecule has 0 fully saturated rings. The molecule has 4 heteroatoms. The van der Waals surface area contributed by atoms with E-state index in [0.717, 1.165) is 36.3 Å². The normalized spacial score (nSPS) is 17.6. The Kier molecular flexibility index (Phi) is 4.31. The predicted octanol–water partition coefficient (Wildman–Crippen LogP) is 2.17. The van der Waals surface area contributed by atoms with Gasteiger partial charge in [0.25, 0.3) is 0 Å². The number of aryl methyl sites for hydroxylation is 1. The number of hydrogen-bond acceptors (Lipinski definition) is 4. The van der Waals surface area contributed by atoms with E-state index in [1.165, 1.54) is 0 Å². The van der Waals surface area contributed by atoms with Crippen LogP contribution in [0.2, 0.25) is 0 Å². The number of aliphatic hydroxyl groups is 1. The van der Waals surface area contributed by atoms with E-state index in [-0.39, 0.29) is 12.7 Å². The first-order valence-corrected chi connectivity index (χ1v) is 6.39. The van der Waals surface area contributed by atoms with Crippen molar-refractivity contribution in [2.45, 2.75) is 32.3 Å². The van der Waals surface area contributed by atoms with E-state index in [9.17, 15) is 0 Å². The van der Waals surface area contributed by atoms with Crippen molar-refractivity contribution in [3.8, 4) is 17.2 Å². The largest absolute Gasteiger partial charge is 0.497 e. The highest BCUT2D eigenvalue weighted by Crippen LogP contribution is 2.39. The molecule has 1 atom stereocenters. The third-order valence-corrected chi connectivity index (χ3v) is 3.05. The van der Waals surface area contributed by atoms with Crippen LogP contribution in [0.25, 0.3) is 0 Å². The first-order chi connectivity index (χ1) is 8.78. The summed E-state index contributed by atoms with van der Waals surface area (Å²) in [6.07, 6.45) is 2.87. The maximum absolute atomic E-state index is 9.15. The molecule has 0 saturated heterocycles. The molecule has 2 rings (SSSR count). The lowest BCUT2D eigenvalue weighted by Gasteiger charge is -2.27. The van der Waals surface area contributed by atoms with Crippen LogP contribution in [0.5, 0.6) is 17.2 Å². The molecule has 100 valence electrons. The molecule has 0 amide bonds. The molecule has 1 unspecified atom stereocenters. The lowest BCUT2D eigenvalue weighted by molar-refractivity contribution is 0.0444. The maximum atomic E-state index is 9.15. The minimum absolute atomic E-state index is 0.0291. The van der Waals surface area contributed by atoms with Crippen LogP contribution in [0.3, 0.4) is 0 Å². The van der Waals surface area contributed by atoms with Gasteiger partial charge in [0.2, 0.25) is 0 Å².